The van der Waals surface area contributed by atoms with Crippen LogP contribution in [0.1, 0.15) is 24.4 Å². The molecule has 1 unspecified atom stereocenters. The Bertz CT molecular complexity index is 1190. The molecule has 180 valence electrons. The Labute approximate surface area is 195 Å². The average molecular weight is 497 g/mol. The van der Waals surface area contributed by atoms with Gasteiger partial charge in [-0.3, -0.25) is 0 Å². The molecule has 0 aliphatic carbocycles. The first-order chi connectivity index (χ1) is 15.8. The highest BCUT2D eigenvalue weighted by atomic mass is 32.2. The number of morpholine rings is 1. The molecule has 33 heavy (non-hydrogen) atoms. The fourth-order valence-corrected chi connectivity index (χ4v) is 7.37. The average Bonchev–Trinajstić information content (AvgIpc) is 3.35. The molecule has 2 aromatic carbocycles. The zero-order chi connectivity index (χ0) is 23.6. The maximum atomic E-state index is 13.5. The molecule has 2 aliphatic heterocycles. The molecular weight excluding hydrogens is 468 g/mol. The minimum atomic E-state index is -3.85. The minimum absolute atomic E-state index is 0.0582. The number of sulfonamides is 2. The Kier molecular flexibility index (Phi) is 6.96. The lowest BCUT2D eigenvalue weighted by Crippen LogP contribution is -2.40. The molecule has 0 aromatic heterocycles. The van der Waals surface area contributed by atoms with Gasteiger partial charge in [-0.1, -0.05) is 6.07 Å². The van der Waals surface area contributed by atoms with Gasteiger partial charge in [0.25, 0.3) is 0 Å². The summed E-state index contributed by atoms with van der Waals surface area (Å²) in [4.78, 5) is 0.126. The van der Waals surface area contributed by atoms with E-state index in [0.717, 1.165) is 5.56 Å². The van der Waals surface area contributed by atoms with Crippen molar-refractivity contribution >= 4 is 20.0 Å². The third kappa shape index (κ3) is 4.60. The molecule has 0 spiro atoms. The van der Waals surface area contributed by atoms with Crippen LogP contribution in [0.25, 0.3) is 0 Å². The second-order valence-corrected chi connectivity index (χ2v) is 11.7. The number of rotatable bonds is 7. The van der Waals surface area contributed by atoms with Gasteiger partial charge in [0, 0.05) is 31.3 Å². The number of methoxy groups -OCH3 is 2. The molecule has 0 N–H and O–H groups in total. The van der Waals surface area contributed by atoms with Crippen molar-refractivity contribution in [1.29, 1.82) is 0 Å². The first-order valence-corrected chi connectivity index (χ1v) is 13.6. The molecule has 4 rings (SSSR count). The van der Waals surface area contributed by atoms with Gasteiger partial charge in [0.05, 0.1) is 43.3 Å². The van der Waals surface area contributed by atoms with Gasteiger partial charge in [-0.05, 0) is 43.2 Å². The van der Waals surface area contributed by atoms with Gasteiger partial charge in [-0.15, -0.1) is 0 Å². The van der Waals surface area contributed by atoms with E-state index in [4.69, 9.17) is 14.2 Å². The number of ether oxygens (including phenoxy) is 3. The number of hydrogen-bond acceptors (Lipinski definition) is 7. The molecule has 9 nitrogen and oxygen atoms in total. The fourth-order valence-electron chi connectivity index (χ4n) is 4.29. The van der Waals surface area contributed by atoms with Crippen LogP contribution >= 0.6 is 0 Å². The largest absolute Gasteiger partial charge is 0.497 e. The Hall–Kier alpha value is -2.18. The highest BCUT2D eigenvalue weighted by molar-refractivity contribution is 7.89. The molecule has 2 heterocycles. The van der Waals surface area contributed by atoms with Crippen LogP contribution in [0, 0.1) is 0 Å². The summed E-state index contributed by atoms with van der Waals surface area (Å²) in [5, 5.41) is 0. The van der Waals surface area contributed by atoms with Crippen molar-refractivity contribution < 1.29 is 31.0 Å². The van der Waals surface area contributed by atoms with Crippen molar-refractivity contribution in [2.45, 2.75) is 28.7 Å². The quantitative estimate of drug-likeness (QED) is 0.579. The van der Waals surface area contributed by atoms with Crippen LogP contribution in [0.2, 0.25) is 0 Å². The molecule has 0 bridgehead atoms. The lowest BCUT2D eigenvalue weighted by atomic mass is 10.0. The lowest BCUT2D eigenvalue weighted by molar-refractivity contribution is 0.0730. The Morgan fingerprint density at radius 1 is 0.848 bits per heavy atom. The summed E-state index contributed by atoms with van der Waals surface area (Å²) in [6.07, 6.45) is 1.37. The molecule has 2 saturated heterocycles. The van der Waals surface area contributed by atoms with Gasteiger partial charge in [0.2, 0.25) is 20.0 Å². The molecule has 2 fully saturated rings. The van der Waals surface area contributed by atoms with Gasteiger partial charge in [0.1, 0.15) is 11.5 Å². The van der Waals surface area contributed by atoms with Crippen LogP contribution in [0.4, 0.5) is 0 Å². The highest BCUT2D eigenvalue weighted by Crippen LogP contribution is 2.41. The van der Waals surface area contributed by atoms with Crippen LogP contribution in [-0.4, -0.2) is 72.5 Å². The molecular formula is C22H28N2O7S2. The lowest BCUT2D eigenvalue weighted by Gasteiger charge is -2.27. The fraction of sp³-hybridized carbons (Fsp3) is 0.455. The normalized spacial score (nSPS) is 20.6. The van der Waals surface area contributed by atoms with E-state index in [9.17, 15) is 16.8 Å². The topological polar surface area (TPSA) is 102 Å². The smallest absolute Gasteiger partial charge is 0.243 e. The molecule has 0 amide bonds. The Morgan fingerprint density at radius 2 is 1.48 bits per heavy atom. The second kappa shape index (κ2) is 9.59. The third-order valence-corrected chi connectivity index (χ3v) is 9.88. The Balaban J connectivity index is 1.61. The first-order valence-electron chi connectivity index (χ1n) is 10.7. The summed E-state index contributed by atoms with van der Waals surface area (Å²) in [6, 6.07) is 10.4. The van der Waals surface area contributed by atoms with Crippen molar-refractivity contribution in [3.05, 3.63) is 48.0 Å². The highest BCUT2D eigenvalue weighted by Gasteiger charge is 2.38. The zero-order valence-electron chi connectivity index (χ0n) is 18.6. The van der Waals surface area contributed by atoms with Gasteiger partial charge in [0.15, 0.2) is 0 Å². The predicted octanol–water partition coefficient (Wildman–Crippen LogP) is 2.25. The summed E-state index contributed by atoms with van der Waals surface area (Å²) in [7, 11) is -4.44. The number of benzene rings is 2. The van der Waals surface area contributed by atoms with E-state index in [1.165, 1.54) is 32.9 Å². The zero-order valence-corrected chi connectivity index (χ0v) is 20.3. The molecule has 1 atom stereocenters. The number of nitrogens with zero attached hydrogens (tertiary/aromatic N) is 2. The second-order valence-electron chi connectivity index (χ2n) is 7.87. The maximum absolute atomic E-state index is 13.5. The maximum Gasteiger partial charge on any atom is 0.243 e. The summed E-state index contributed by atoms with van der Waals surface area (Å²) in [5.41, 5.74) is 0.769. The van der Waals surface area contributed by atoms with Crippen molar-refractivity contribution in [3.63, 3.8) is 0 Å². The van der Waals surface area contributed by atoms with E-state index in [2.05, 4.69) is 0 Å². The van der Waals surface area contributed by atoms with E-state index >= 15 is 0 Å². The summed E-state index contributed by atoms with van der Waals surface area (Å²) >= 11 is 0. The molecule has 2 aromatic rings. The van der Waals surface area contributed by atoms with Gasteiger partial charge in [-0.2, -0.15) is 8.61 Å². The standard InChI is InChI=1S/C22H28N2O7S2/c1-29-17-5-10-20(22(16-17)30-2)21-4-3-11-24(21)33(27,28)19-8-6-18(7-9-19)32(25,26)23-12-14-31-15-13-23/h5-10,16,21H,3-4,11-15H2,1-2H3. The van der Waals surface area contributed by atoms with E-state index in [-0.39, 0.29) is 28.9 Å². The number of hydrogen-bond donors (Lipinski definition) is 0. The summed E-state index contributed by atoms with van der Waals surface area (Å²) < 4.78 is 71.5. The van der Waals surface area contributed by atoms with Crippen LogP contribution in [-0.2, 0) is 24.8 Å². The van der Waals surface area contributed by atoms with Crippen molar-refractivity contribution in [1.82, 2.24) is 8.61 Å². The van der Waals surface area contributed by atoms with E-state index in [0.29, 0.717) is 44.1 Å². The SMILES string of the molecule is COc1ccc(C2CCCN2S(=O)(=O)c2ccc(S(=O)(=O)N3CCOCC3)cc2)c(OC)c1. The summed E-state index contributed by atoms with van der Waals surface area (Å²) in [6.45, 7) is 1.62. The van der Waals surface area contributed by atoms with Crippen LogP contribution in [0.5, 0.6) is 11.5 Å². The van der Waals surface area contributed by atoms with E-state index in [1.807, 2.05) is 6.07 Å². The molecule has 2 aliphatic rings. The third-order valence-electron chi connectivity index (χ3n) is 6.04. The minimum Gasteiger partial charge on any atom is -0.497 e. The van der Waals surface area contributed by atoms with E-state index < -0.39 is 20.0 Å². The van der Waals surface area contributed by atoms with Gasteiger partial charge < -0.3 is 14.2 Å². The molecule has 0 radical (unpaired) electrons. The summed E-state index contributed by atoms with van der Waals surface area (Å²) in [5.74, 6) is 1.19. The van der Waals surface area contributed by atoms with Crippen LogP contribution < -0.4 is 9.47 Å². The van der Waals surface area contributed by atoms with Crippen molar-refractivity contribution in [3.8, 4) is 11.5 Å². The van der Waals surface area contributed by atoms with Gasteiger partial charge in [-0.25, -0.2) is 16.8 Å². The van der Waals surface area contributed by atoms with Gasteiger partial charge >= 0.3 is 0 Å². The molecule has 0 saturated carbocycles. The van der Waals surface area contributed by atoms with Crippen LogP contribution in [0.3, 0.4) is 0 Å². The predicted molar refractivity (Wildman–Crippen MR) is 121 cm³/mol. The first kappa shape index (κ1) is 24.0. The molecule has 11 heteroatoms. The van der Waals surface area contributed by atoms with Crippen molar-refractivity contribution in [2.24, 2.45) is 0 Å². The van der Waals surface area contributed by atoms with E-state index in [1.54, 1.807) is 26.4 Å². The van der Waals surface area contributed by atoms with Crippen LogP contribution in [0.15, 0.2) is 52.3 Å². The monoisotopic (exact) mass is 496 g/mol. The Morgan fingerprint density at radius 3 is 2.09 bits per heavy atom. The van der Waals surface area contributed by atoms with Crippen molar-refractivity contribution in [2.75, 3.05) is 47.1 Å².